The van der Waals surface area contributed by atoms with Crippen LogP contribution in [0.15, 0.2) is 97.2 Å². The summed E-state index contributed by atoms with van der Waals surface area (Å²) in [4.78, 5) is 38.1. The molecular formula is C61H102O6. The van der Waals surface area contributed by atoms with Gasteiger partial charge in [0.15, 0.2) is 6.10 Å². The summed E-state index contributed by atoms with van der Waals surface area (Å²) in [5.74, 6) is -1.01. The number of unbranched alkanes of at least 4 members (excludes halogenated alkanes) is 22. The van der Waals surface area contributed by atoms with Gasteiger partial charge in [0.05, 0.1) is 0 Å². The van der Waals surface area contributed by atoms with E-state index >= 15 is 0 Å². The highest BCUT2D eigenvalue weighted by Gasteiger charge is 2.19. The van der Waals surface area contributed by atoms with E-state index in [0.717, 1.165) is 103 Å². The van der Waals surface area contributed by atoms with E-state index in [2.05, 4.69) is 112 Å². The van der Waals surface area contributed by atoms with Gasteiger partial charge in [0.1, 0.15) is 13.2 Å². The molecule has 0 bridgehead atoms. The Hall–Kier alpha value is -3.67. The van der Waals surface area contributed by atoms with Gasteiger partial charge in [-0.2, -0.15) is 0 Å². The van der Waals surface area contributed by atoms with Crippen molar-refractivity contribution in [1.29, 1.82) is 0 Å². The molecule has 0 fully saturated rings. The summed E-state index contributed by atoms with van der Waals surface area (Å²) in [5.41, 5.74) is 0. The van der Waals surface area contributed by atoms with Gasteiger partial charge in [-0.3, -0.25) is 14.4 Å². The maximum Gasteiger partial charge on any atom is 0.306 e. The van der Waals surface area contributed by atoms with Crippen LogP contribution in [-0.4, -0.2) is 37.2 Å². The molecule has 0 aliphatic heterocycles. The Morgan fingerprint density at radius 3 is 1.03 bits per heavy atom. The minimum absolute atomic E-state index is 0.106. The third-order valence-corrected chi connectivity index (χ3v) is 11.6. The van der Waals surface area contributed by atoms with E-state index in [0.29, 0.717) is 19.3 Å². The van der Waals surface area contributed by atoms with Crippen molar-refractivity contribution in [2.45, 2.75) is 258 Å². The van der Waals surface area contributed by atoms with Crippen LogP contribution in [0.5, 0.6) is 0 Å². The standard InChI is InChI=1S/C61H102O6/c1-4-7-10-13-16-19-22-25-28-29-30-31-34-36-39-42-45-48-51-54-60(63)66-57-58(67-61(64)55-52-49-46-43-40-37-33-27-24-21-18-15-12-9-6-3)56-65-59(62)53-50-47-44-41-38-35-32-26-23-20-17-14-11-8-5-2/h9,12,16,18-19,21,25,27-28,30-31,33,36,39,45,48,58H,4-8,10-11,13-15,17,20,22-24,26,29,32,34-35,37-38,40-44,46-47,49-57H2,1-3H3/b12-9-,19-16-,21-18-,28-25-,31-30-,33-27-,39-36-,48-45-/t58-/m0/s1. The largest absolute Gasteiger partial charge is 0.462 e. The smallest absolute Gasteiger partial charge is 0.306 e. The van der Waals surface area contributed by atoms with Crippen LogP contribution in [0.1, 0.15) is 252 Å². The zero-order chi connectivity index (χ0) is 48.6. The van der Waals surface area contributed by atoms with Crippen molar-refractivity contribution in [3.8, 4) is 0 Å². The van der Waals surface area contributed by atoms with E-state index in [4.69, 9.17) is 14.2 Å². The lowest BCUT2D eigenvalue weighted by molar-refractivity contribution is -0.166. The predicted octanol–water partition coefficient (Wildman–Crippen LogP) is 18.5. The van der Waals surface area contributed by atoms with E-state index in [1.165, 1.54) is 103 Å². The van der Waals surface area contributed by atoms with E-state index in [1.807, 2.05) is 6.08 Å². The topological polar surface area (TPSA) is 78.9 Å². The van der Waals surface area contributed by atoms with Crippen molar-refractivity contribution in [2.75, 3.05) is 13.2 Å². The van der Waals surface area contributed by atoms with Gasteiger partial charge in [-0.25, -0.2) is 0 Å². The van der Waals surface area contributed by atoms with Crippen molar-refractivity contribution in [3.05, 3.63) is 97.2 Å². The molecule has 6 heteroatoms. The zero-order valence-electron chi connectivity index (χ0n) is 43.6. The van der Waals surface area contributed by atoms with E-state index in [9.17, 15) is 14.4 Å². The number of hydrogen-bond acceptors (Lipinski definition) is 6. The SMILES string of the molecule is CC/C=C\C/C=C\C/C=C\CCCCCCCC(=O)O[C@H](COC(=O)CC/C=C\C/C=C\C/C=C\C/C=C\C/C=C\CCCCC)COC(=O)CCCCCCCCCCCCCCCCC. The van der Waals surface area contributed by atoms with Crippen LogP contribution in [0.4, 0.5) is 0 Å². The van der Waals surface area contributed by atoms with Crippen LogP contribution in [0.2, 0.25) is 0 Å². The molecule has 0 amide bonds. The molecular weight excluding hydrogens is 829 g/mol. The third kappa shape index (κ3) is 53.2. The molecule has 0 aromatic heterocycles. The first kappa shape index (κ1) is 63.3. The second-order valence-electron chi connectivity index (χ2n) is 18.1. The number of allylic oxidation sites excluding steroid dienone is 16. The second-order valence-corrected chi connectivity index (χ2v) is 18.1. The maximum absolute atomic E-state index is 12.8. The number of ether oxygens (including phenoxy) is 3. The fourth-order valence-electron chi connectivity index (χ4n) is 7.44. The molecule has 0 aromatic carbocycles. The zero-order valence-corrected chi connectivity index (χ0v) is 43.6. The molecule has 0 saturated heterocycles. The Morgan fingerprint density at radius 2 is 0.612 bits per heavy atom. The molecule has 0 spiro atoms. The van der Waals surface area contributed by atoms with Gasteiger partial charge in [-0.15, -0.1) is 0 Å². The first-order valence-corrected chi connectivity index (χ1v) is 27.7. The fraction of sp³-hybridized carbons (Fsp3) is 0.689. The van der Waals surface area contributed by atoms with Crippen molar-refractivity contribution in [2.24, 2.45) is 0 Å². The van der Waals surface area contributed by atoms with E-state index in [-0.39, 0.29) is 37.5 Å². The summed E-state index contributed by atoms with van der Waals surface area (Å²) in [7, 11) is 0. The van der Waals surface area contributed by atoms with Crippen molar-refractivity contribution in [1.82, 2.24) is 0 Å². The molecule has 0 heterocycles. The molecule has 0 radical (unpaired) electrons. The monoisotopic (exact) mass is 931 g/mol. The van der Waals surface area contributed by atoms with Gasteiger partial charge in [0.25, 0.3) is 0 Å². The molecule has 0 N–H and O–H groups in total. The molecule has 382 valence electrons. The van der Waals surface area contributed by atoms with Gasteiger partial charge in [0, 0.05) is 19.3 Å². The van der Waals surface area contributed by atoms with Gasteiger partial charge in [-0.05, 0) is 89.9 Å². The minimum Gasteiger partial charge on any atom is -0.462 e. The Bertz CT molecular complexity index is 1350. The molecule has 0 rings (SSSR count). The quantitative estimate of drug-likeness (QED) is 0.0262. The predicted molar refractivity (Wildman–Crippen MR) is 288 cm³/mol. The highest BCUT2D eigenvalue weighted by atomic mass is 16.6. The lowest BCUT2D eigenvalue weighted by Gasteiger charge is -2.18. The van der Waals surface area contributed by atoms with Crippen molar-refractivity contribution >= 4 is 17.9 Å². The highest BCUT2D eigenvalue weighted by molar-refractivity contribution is 5.71. The van der Waals surface area contributed by atoms with Crippen LogP contribution in [0, 0.1) is 0 Å². The molecule has 1 atom stereocenters. The number of carbonyl (C=O) groups is 3. The third-order valence-electron chi connectivity index (χ3n) is 11.6. The van der Waals surface area contributed by atoms with Crippen molar-refractivity contribution < 1.29 is 28.6 Å². The Morgan fingerprint density at radius 1 is 0.313 bits per heavy atom. The van der Waals surface area contributed by atoms with Crippen molar-refractivity contribution in [3.63, 3.8) is 0 Å². The summed E-state index contributed by atoms with van der Waals surface area (Å²) < 4.78 is 16.8. The molecule has 6 nitrogen and oxygen atoms in total. The number of carbonyl (C=O) groups excluding carboxylic acids is 3. The van der Waals surface area contributed by atoms with Gasteiger partial charge < -0.3 is 14.2 Å². The number of hydrogen-bond donors (Lipinski definition) is 0. The fourth-order valence-corrected chi connectivity index (χ4v) is 7.44. The second kappa shape index (κ2) is 54.9. The summed E-state index contributed by atoms with van der Waals surface area (Å²) in [6.07, 6.45) is 72.6. The Balaban J connectivity index is 4.51. The van der Waals surface area contributed by atoms with E-state index < -0.39 is 6.10 Å². The van der Waals surface area contributed by atoms with Gasteiger partial charge >= 0.3 is 17.9 Å². The molecule has 0 aliphatic carbocycles. The van der Waals surface area contributed by atoms with Gasteiger partial charge in [-0.1, -0.05) is 240 Å². The molecule has 0 saturated carbocycles. The number of esters is 3. The van der Waals surface area contributed by atoms with Crippen LogP contribution in [0.3, 0.4) is 0 Å². The summed E-state index contributed by atoms with van der Waals surface area (Å²) in [6, 6.07) is 0. The first-order valence-electron chi connectivity index (χ1n) is 27.7. The average Bonchev–Trinajstić information content (AvgIpc) is 3.33. The van der Waals surface area contributed by atoms with Crippen LogP contribution in [-0.2, 0) is 28.6 Å². The normalized spacial score (nSPS) is 12.8. The molecule has 0 aliphatic rings. The average molecular weight is 931 g/mol. The molecule has 67 heavy (non-hydrogen) atoms. The lowest BCUT2D eigenvalue weighted by Crippen LogP contribution is -2.30. The van der Waals surface area contributed by atoms with Crippen LogP contribution < -0.4 is 0 Å². The maximum atomic E-state index is 12.8. The van der Waals surface area contributed by atoms with Gasteiger partial charge in [0.2, 0.25) is 0 Å². The summed E-state index contributed by atoms with van der Waals surface area (Å²) in [6.45, 7) is 6.43. The molecule has 0 aromatic rings. The van der Waals surface area contributed by atoms with E-state index in [1.54, 1.807) is 0 Å². The van der Waals surface area contributed by atoms with Crippen LogP contribution in [0.25, 0.3) is 0 Å². The Labute approximate surface area is 413 Å². The lowest BCUT2D eigenvalue weighted by atomic mass is 10.0. The number of rotatable bonds is 49. The Kier molecular flexibility index (Phi) is 51.9. The summed E-state index contributed by atoms with van der Waals surface area (Å²) in [5, 5.41) is 0. The highest BCUT2D eigenvalue weighted by Crippen LogP contribution is 2.15. The first-order chi connectivity index (χ1) is 33.0. The van der Waals surface area contributed by atoms with Crippen LogP contribution >= 0.6 is 0 Å². The minimum atomic E-state index is -0.816. The molecule has 0 unspecified atom stereocenters. The summed E-state index contributed by atoms with van der Waals surface area (Å²) >= 11 is 0.